The summed E-state index contributed by atoms with van der Waals surface area (Å²) < 4.78 is 2.00. The van der Waals surface area contributed by atoms with Gasteiger partial charge in [0.1, 0.15) is 5.01 Å². The Hall–Kier alpha value is -1.34. The number of hydrogen-bond donors (Lipinski definition) is 1. The molecule has 5 nitrogen and oxygen atoms in total. The standard InChI is InChI=1S/C13H17N3O2S2/c1-4-10-5-14-12(20-10)9(3)16-6-8(2)15-13(16)19-7-11(17)18/h5-6,9H,4,7H2,1-3H3,(H,17,18). The summed E-state index contributed by atoms with van der Waals surface area (Å²) in [6.45, 7) is 6.08. The fraction of sp³-hybridized carbons (Fsp3) is 0.462. The molecule has 2 heterocycles. The number of hydrogen-bond acceptors (Lipinski definition) is 5. The van der Waals surface area contributed by atoms with Crippen LogP contribution in [0, 0.1) is 6.92 Å². The first-order valence-electron chi connectivity index (χ1n) is 6.36. The summed E-state index contributed by atoms with van der Waals surface area (Å²) in [6, 6.07) is 0.0674. The van der Waals surface area contributed by atoms with Crippen molar-refractivity contribution >= 4 is 29.1 Å². The number of rotatable bonds is 6. The molecule has 2 aromatic rings. The first-order chi connectivity index (χ1) is 9.51. The Morgan fingerprint density at radius 3 is 2.95 bits per heavy atom. The van der Waals surface area contributed by atoms with Gasteiger partial charge in [0.2, 0.25) is 0 Å². The molecular weight excluding hydrogens is 294 g/mol. The van der Waals surface area contributed by atoms with Gasteiger partial charge in [-0.3, -0.25) is 4.79 Å². The Kier molecular flexibility index (Phi) is 4.82. The SMILES string of the molecule is CCc1cnc(C(C)n2cc(C)nc2SCC(=O)O)s1. The van der Waals surface area contributed by atoms with Crippen LogP contribution in [0.2, 0.25) is 0 Å². The van der Waals surface area contributed by atoms with Crippen molar-refractivity contribution in [2.75, 3.05) is 5.75 Å². The molecule has 7 heteroatoms. The van der Waals surface area contributed by atoms with Gasteiger partial charge in [-0.05, 0) is 20.3 Å². The van der Waals surface area contributed by atoms with Gasteiger partial charge in [-0.25, -0.2) is 9.97 Å². The second kappa shape index (κ2) is 6.41. The lowest BCUT2D eigenvalue weighted by Gasteiger charge is -2.13. The van der Waals surface area contributed by atoms with E-state index in [-0.39, 0.29) is 11.8 Å². The van der Waals surface area contributed by atoms with Crippen molar-refractivity contribution in [1.29, 1.82) is 0 Å². The van der Waals surface area contributed by atoms with Crippen LogP contribution in [-0.2, 0) is 11.2 Å². The monoisotopic (exact) mass is 311 g/mol. The third-order valence-corrected chi connectivity index (χ3v) is 5.10. The second-order valence-corrected chi connectivity index (χ2v) is 6.54. The van der Waals surface area contributed by atoms with Gasteiger partial charge in [-0.2, -0.15) is 0 Å². The lowest BCUT2D eigenvalue weighted by Crippen LogP contribution is -2.08. The molecule has 1 N–H and O–H groups in total. The summed E-state index contributed by atoms with van der Waals surface area (Å²) in [5.41, 5.74) is 0.886. The van der Waals surface area contributed by atoms with Gasteiger partial charge in [0.15, 0.2) is 5.16 Å². The van der Waals surface area contributed by atoms with Crippen LogP contribution in [0.5, 0.6) is 0 Å². The molecule has 1 unspecified atom stereocenters. The van der Waals surface area contributed by atoms with E-state index in [1.165, 1.54) is 16.6 Å². The van der Waals surface area contributed by atoms with Crippen LogP contribution in [0.4, 0.5) is 0 Å². The predicted molar refractivity (Wildman–Crippen MR) is 80.6 cm³/mol. The van der Waals surface area contributed by atoms with E-state index >= 15 is 0 Å². The highest BCUT2D eigenvalue weighted by Crippen LogP contribution is 2.28. The lowest BCUT2D eigenvalue weighted by atomic mass is 10.3. The average molecular weight is 311 g/mol. The minimum Gasteiger partial charge on any atom is -0.481 e. The van der Waals surface area contributed by atoms with E-state index in [1.54, 1.807) is 11.3 Å². The van der Waals surface area contributed by atoms with Crippen LogP contribution in [0.3, 0.4) is 0 Å². The number of thiazole rings is 1. The van der Waals surface area contributed by atoms with E-state index < -0.39 is 5.97 Å². The van der Waals surface area contributed by atoms with Crippen LogP contribution in [0.15, 0.2) is 17.6 Å². The zero-order chi connectivity index (χ0) is 14.7. The molecule has 0 saturated heterocycles. The number of aliphatic carboxylic acids is 1. The number of carboxylic acids is 1. The molecule has 2 aromatic heterocycles. The maximum absolute atomic E-state index is 10.7. The maximum atomic E-state index is 10.7. The van der Waals surface area contributed by atoms with E-state index in [1.807, 2.05) is 23.9 Å². The number of imidazole rings is 1. The van der Waals surface area contributed by atoms with Gasteiger partial charge in [-0.15, -0.1) is 11.3 Å². The van der Waals surface area contributed by atoms with Crippen molar-refractivity contribution in [2.24, 2.45) is 0 Å². The van der Waals surface area contributed by atoms with Gasteiger partial charge < -0.3 is 9.67 Å². The molecule has 0 aromatic carbocycles. The van der Waals surface area contributed by atoms with Crippen molar-refractivity contribution in [2.45, 2.75) is 38.4 Å². The molecule has 0 radical (unpaired) electrons. The number of aryl methyl sites for hydroxylation is 2. The van der Waals surface area contributed by atoms with Crippen LogP contribution < -0.4 is 0 Å². The second-order valence-electron chi connectivity index (χ2n) is 4.45. The predicted octanol–water partition coefficient (Wildman–Crippen LogP) is 3.00. The quantitative estimate of drug-likeness (QED) is 0.831. The van der Waals surface area contributed by atoms with Crippen molar-refractivity contribution in [3.05, 3.63) is 28.0 Å². The topological polar surface area (TPSA) is 68.0 Å². The Bertz CT molecular complexity index is 607. The summed E-state index contributed by atoms with van der Waals surface area (Å²) in [5.74, 6) is -0.821. The summed E-state index contributed by atoms with van der Waals surface area (Å²) in [5, 5.41) is 10.5. The molecule has 0 spiro atoms. The molecule has 0 bridgehead atoms. The number of nitrogens with zero attached hydrogens (tertiary/aromatic N) is 3. The van der Waals surface area contributed by atoms with Gasteiger partial charge in [0.05, 0.1) is 17.5 Å². The zero-order valence-corrected chi connectivity index (χ0v) is 13.3. The van der Waals surface area contributed by atoms with Gasteiger partial charge in [0.25, 0.3) is 0 Å². The number of aromatic nitrogens is 3. The minimum absolute atomic E-state index is 0.0151. The molecule has 2 rings (SSSR count). The first-order valence-corrected chi connectivity index (χ1v) is 8.16. The van der Waals surface area contributed by atoms with E-state index in [2.05, 4.69) is 23.8 Å². The molecule has 0 amide bonds. The summed E-state index contributed by atoms with van der Waals surface area (Å²) in [6.07, 6.45) is 4.83. The van der Waals surface area contributed by atoms with Crippen molar-refractivity contribution < 1.29 is 9.90 Å². The molecule has 108 valence electrons. The Morgan fingerprint density at radius 2 is 2.35 bits per heavy atom. The smallest absolute Gasteiger partial charge is 0.313 e. The molecule has 0 fully saturated rings. The molecular formula is C13H17N3O2S2. The molecule has 0 aliphatic rings. The van der Waals surface area contributed by atoms with Crippen LogP contribution in [0.1, 0.15) is 35.5 Å². The molecule has 20 heavy (non-hydrogen) atoms. The molecule has 0 saturated carbocycles. The van der Waals surface area contributed by atoms with Crippen molar-refractivity contribution in [3.63, 3.8) is 0 Å². The normalized spacial score (nSPS) is 12.6. The van der Waals surface area contributed by atoms with E-state index in [0.29, 0.717) is 0 Å². The van der Waals surface area contributed by atoms with Crippen LogP contribution >= 0.6 is 23.1 Å². The largest absolute Gasteiger partial charge is 0.481 e. The first kappa shape index (κ1) is 15.1. The molecule has 1 atom stereocenters. The summed E-state index contributed by atoms with van der Waals surface area (Å²) in [4.78, 5) is 20.8. The summed E-state index contributed by atoms with van der Waals surface area (Å²) in [7, 11) is 0. The van der Waals surface area contributed by atoms with Crippen LogP contribution in [-0.4, -0.2) is 31.4 Å². The van der Waals surface area contributed by atoms with E-state index in [9.17, 15) is 4.79 Å². The van der Waals surface area contributed by atoms with E-state index in [0.717, 1.165) is 22.3 Å². The number of carbonyl (C=O) groups is 1. The van der Waals surface area contributed by atoms with Crippen molar-refractivity contribution in [3.8, 4) is 0 Å². The maximum Gasteiger partial charge on any atom is 0.313 e. The van der Waals surface area contributed by atoms with Crippen LogP contribution in [0.25, 0.3) is 0 Å². The van der Waals surface area contributed by atoms with Gasteiger partial charge >= 0.3 is 5.97 Å². The highest BCUT2D eigenvalue weighted by Gasteiger charge is 2.17. The van der Waals surface area contributed by atoms with Gasteiger partial charge in [-0.1, -0.05) is 18.7 Å². The Morgan fingerprint density at radius 1 is 1.60 bits per heavy atom. The highest BCUT2D eigenvalue weighted by atomic mass is 32.2. The number of thioether (sulfide) groups is 1. The van der Waals surface area contributed by atoms with Crippen molar-refractivity contribution in [1.82, 2.24) is 14.5 Å². The van der Waals surface area contributed by atoms with Gasteiger partial charge in [0, 0.05) is 17.3 Å². The minimum atomic E-state index is -0.836. The van der Waals surface area contributed by atoms with E-state index in [4.69, 9.17) is 5.11 Å². The average Bonchev–Trinajstić information content (AvgIpc) is 3.01. The third kappa shape index (κ3) is 3.40. The highest BCUT2D eigenvalue weighted by molar-refractivity contribution is 7.99. The summed E-state index contributed by atoms with van der Waals surface area (Å²) >= 11 is 2.93. The Labute approximate surface area is 126 Å². The Balaban J connectivity index is 2.24. The third-order valence-electron chi connectivity index (χ3n) is 2.84. The molecule has 0 aliphatic carbocycles. The fourth-order valence-electron chi connectivity index (χ4n) is 1.80. The lowest BCUT2D eigenvalue weighted by molar-refractivity contribution is -0.133. The molecule has 0 aliphatic heterocycles. The fourth-order valence-corrected chi connectivity index (χ4v) is 3.53. The number of carboxylic acid groups (broad SMARTS) is 1. The zero-order valence-electron chi connectivity index (χ0n) is 11.7.